The second-order valence-corrected chi connectivity index (χ2v) is 9.56. The van der Waals surface area contributed by atoms with Crippen LogP contribution in [0.1, 0.15) is 36.8 Å². The van der Waals surface area contributed by atoms with Gasteiger partial charge in [0.15, 0.2) is 11.5 Å². The van der Waals surface area contributed by atoms with E-state index in [0.717, 1.165) is 17.7 Å². The monoisotopic (exact) mass is 538 g/mol. The van der Waals surface area contributed by atoms with Crippen LogP contribution in [0.3, 0.4) is 0 Å². The number of rotatable bonds is 10. The first-order valence-electron chi connectivity index (χ1n) is 11.1. The van der Waals surface area contributed by atoms with Crippen LogP contribution in [-0.4, -0.2) is 41.8 Å². The predicted molar refractivity (Wildman–Crippen MR) is 138 cm³/mol. The number of hydrogen-bond acceptors (Lipinski definition) is 6. The summed E-state index contributed by atoms with van der Waals surface area (Å²) in [6.45, 7) is 0.420. The minimum Gasteiger partial charge on any atom is -0.493 e. The standard InChI is InChI=1S/C25H25F3N2O4S2/c1-33-19-11-10-16(13-20(19)34-2)14-21-23(32)30(24(35)36-21)12-5-3-4-9-22(31)29-18-8-6-7-17(15-18)25(26,27)28/h6-8,10-11,13-15H,3-5,9,12H2,1-2H3,(H,29,31)/b21-14-. The van der Waals surface area contributed by atoms with E-state index in [0.29, 0.717) is 46.5 Å². The largest absolute Gasteiger partial charge is 0.493 e. The van der Waals surface area contributed by atoms with Crippen molar-refractivity contribution in [1.29, 1.82) is 0 Å². The average Bonchev–Trinajstić information content (AvgIpc) is 3.10. The zero-order valence-electron chi connectivity index (χ0n) is 19.7. The second kappa shape index (κ2) is 12.3. The van der Waals surface area contributed by atoms with Gasteiger partial charge in [-0.1, -0.05) is 42.5 Å². The van der Waals surface area contributed by atoms with Crippen molar-refractivity contribution < 1.29 is 32.2 Å². The fourth-order valence-corrected chi connectivity index (χ4v) is 4.82. The summed E-state index contributed by atoms with van der Waals surface area (Å²) in [5.41, 5.74) is 0.0672. The van der Waals surface area contributed by atoms with Gasteiger partial charge >= 0.3 is 6.18 Å². The normalized spacial score (nSPS) is 14.9. The molecule has 1 N–H and O–H groups in total. The van der Waals surface area contributed by atoms with Gasteiger partial charge in [-0.2, -0.15) is 13.2 Å². The molecule has 2 aromatic rings. The van der Waals surface area contributed by atoms with Crippen molar-refractivity contribution >= 4 is 51.9 Å². The number of carbonyl (C=O) groups is 2. The molecule has 0 unspecified atom stereocenters. The molecule has 192 valence electrons. The Hall–Kier alpha value is -3.05. The Morgan fingerprint density at radius 3 is 2.53 bits per heavy atom. The lowest BCUT2D eigenvalue weighted by Crippen LogP contribution is -2.29. The molecule has 6 nitrogen and oxygen atoms in total. The molecule has 0 spiro atoms. The smallest absolute Gasteiger partial charge is 0.416 e. The third-order valence-corrected chi connectivity index (χ3v) is 6.72. The number of unbranched alkanes of at least 4 members (excludes halogenated alkanes) is 2. The number of benzene rings is 2. The Morgan fingerprint density at radius 2 is 1.83 bits per heavy atom. The number of nitrogens with zero attached hydrogens (tertiary/aromatic N) is 1. The highest BCUT2D eigenvalue weighted by atomic mass is 32.2. The third-order valence-electron chi connectivity index (χ3n) is 5.34. The molecule has 2 aromatic carbocycles. The second-order valence-electron chi connectivity index (χ2n) is 7.89. The van der Waals surface area contributed by atoms with Gasteiger partial charge in [-0.05, 0) is 54.8 Å². The van der Waals surface area contributed by atoms with Crippen molar-refractivity contribution in [2.45, 2.75) is 31.9 Å². The van der Waals surface area contributed by atoms with Gasteiger partial charge in [0.25, 0.3) is 5.91 Å². The third kappa shape index (κ3) is 7.23. The molecule has 36 heavy (non-hydrogen) atoms. The summed E-state index contributed by atoms with van der Waals surface area (Å²) >= 11 is 6.59. The Balaban J connectivity index is 1.46. The molecule has 1 aliphatic rings. The summed E-state index contributed by atoms with van der Waals surface area (Å²) in [4.78, 5) is 27.0. The van der Waals surface area contributed by atoms with Gasteiger partial charge < -0.3 is 14.8 Å². The zero-order valence-corrected chi connectivity index (χ0v) is 21.3. The maximum Gasteiger partial charge on any atom is 0.416 e. The van der Waals surface area contributed by atoms with Gasteiger partial charge in [0.05, 0.1) is 24.7 Å². The van der Waals surface area contributed by atoms with Crippen LogP contribution in [-0.2, 0) is 15.8 Å². The molecule has 1 aliphatic heterocycles. The lowest BCUT2D eigenvalue weighted by molar-refractivity contribution is -0.137. The van der Waals surface area contributed by atoms with E-state index in [1.54, 1.807) is 25.3 Å². The average molecular weight is 539 g/mol. The Labute approximate surface area is 216 Å². The quantitative estimate of drug-likeness (QED) is 0.223. The molecular formula is C25H25F3N2O4S2. The Morgan fingerprint density at radius 1 is 1.08 bits per heavy atom. The van der Waals surface area contributed by atoms with Crippen molar-refractivity contribution in [2.75, 3.05) is 26.1 Å². The zero-order chi connectivity index (χ0) is 26.3. The van der Waals surface area contributed by atoms with Crippen LogP contribution < -0.4 is 14.8 Å². The van der Waals surface area contributed by atoms with E-state index < -0.39 is 11.7 Å². The van der Waals surface area contributed by atoms with Crippen LogP contribution in [0.2, 0.25) is 0 Å². The fourth-order valence-electron chi connectivity index (χ4n) is 3.52. The highest BCUT2D eigenvalue weighted by Crippen LogP contribution is 2.35. The first-order chi connectivity index (χ1) is 17.1. The summed E-state index contributed by atoms with van der Waals surface area (Å²) < 4.78 is 49.4. The topological polar surface area (TPSA) is 67.9 Å². The molecule has 0 saturated carbocycles. The molecule has 2 amide bonds. The SMILES string of the molecule is COc1ccc(/C=C2\SC(=S)N(CCCCCC(=O)Nc3cccc(C(F)(F)F)c3)C2=O)cc1OC. The highest BCUT2D eigenvalue weighted by molar-refractivity contribution is 8.26. The number of amides is 2. The van der Waals surface area contributed by atoms with E-state index in [1.807, 2.05) is 6.07 Å². The molecule has 0 aliphatic carbocycles. The highest BCUT2D eigenvalue weighted by Gasteiger charge is 2.32. The molecule has 1 fully saturated rings. The number of methoxy groups -OCH3 is 2. The number of ether oxygens (including phenoxy) is 2. The Kier molecular flexibility index (Phi) is 9.38. The number of thioether (sulfide) groups is 1. The summed E-state index contributed by atoms with van der Waals surface area (Å²) in [5.74, 6) is 0.601. The Bertz CT molecular complexity index is 1170. The van der Waals surface area contributed by atoms with Gasteiger partial charge in [-0.15, -0.1) is 0 Å². The number of thiocarbonyl (C=S) groups is 1. The number of nitrogens with one attached hydrogen (secondary N) is 1. The van der Waals surface area contributed by atoms with Gasteiger partial charge in [0.1, 0.15) is 4.32 Å². The van der Waals surface area contributed by atoms with E-state index in [4.69, 9.17) is 21.7 Å². The molecule has 0 radical (unpaired) electrons. The van der Waals surface area contributed by atoms with Crippen LogP contribution >= 0.6 is 24.0 Å². The van der Waals surface area contributed by atoms with Crippen LogP contribution in [0.15, 0.2) is 47.4 Å². The van der Waals surface area contributed by atoms with Crippen molar-refractivity contribution in [3.05, 3.63) is 58.5 Å². The number of halogens is 3. The number of alkyl halides is 3. The molecule has 0 aromatic heterocycles. The van der Waals surface area contributed by atoms with Gasteiger partial charge in [0.2, 0.25) is 5.91 Å². The van der Waals surface area contributed by atoms with Crippen LogP contribution in [0.5, 0.6) is 11.5 Å². The molecular weight excluding hydrogens is 513 g/mol. The van der Waals surface area contributed by atoms with E-state index >= 15 is 0 Å². The number of hydrogen-bond donors (Lipinski definition) is 1. The maximum absolute atomic E-state index is 12.8. The van der Waals surface area contributed by atoms with E-state index in [-0.39, 0.29) is 23.9 Å². The molecule has 0 bridgehead atoms. The van der Waals surface area contributed by atoms with Gasteiger partial charge in [0, 0.05) is 18.7 Å². The molecule has 1 heterocycles. The van der Waals surface area contributed by atoms with Gasteiger partial charge in [-0.25, -0.2) is 0 Å². The van der Waals surface area contributed by atoms with Crippen LogP contribution in [0.4, 0.5) is 18.9 Å². The summed E-state index contributed by atoms with van der Waals surface area (Å²) in [6, 6.07) is 9.87. The van der Waals surface area contributed by atoms with Crippen molar-refractivity contribution in [3.63, 3.8) is 0 Å². The predicted octanol–water partition coefficient (Wildman–Crippen LogP) is 6.12. The molecule has 3 rings (SSSR count). The fraction of sp³-hybridized carbons (Fsp3) is 0.320. The van der Waals surface area contributed by atoms with Crippen molar-refractivity contribution in [1.82, 2.24) is 4.90 Å². The van der Waals surface area contributed by atoms with Crippen molar-refractivity contribution in [2.24, 2.45) is 0 Å². The van der Waals surface area contributed by atoms with E-state index in [1.165, 1.54) is 35.9 Å². The van der Waals surface area contributed by atoms with E-state index in [2.05, 4.69) is 5.32 Å². The lowest BCUT2D eigenvalue weighted by Gasteiger charge is -2.14. The first-order valence-corrected chi connectivity index (χ1v) is 12.3. The maximum atomic E-state index is 12.8. The minimum atomic E-state index is -4.47. The van der Waals surface area contributed by atoms with Gasteiger partial charge in [-0.3, -0.25) is 14.5 Å². The molecule has 0 atom stereocenters. The molecule has 1 saturated heterocycles. The van der Waals surface area contributed by atoms with Crippen LogP contribution in [0.25, 0.3) is 6.08 Å². The minimum absolute atomic E-state index is 0.105. The summed E-state index contributed by atoms with van der Waals surface area (Å²) in [6.07, 6.45) is -0.744. The number of carbonyl (C=O) groups excluding carboxylic acids is 2. The van der Waals surface area contributed by atoms with Crippen molar-refractivity contribution in [3.8, 4) is 11.5 Å². The number of anilines is 1. The lowest BCUT2D eigenvalue weighted by atomic mass is 10.1. The summed E-state index contributed by atoms with van der Waals surface area (Å²) in [5, 5.41) is 2.49. The van der Waals surface area contributed by atoms with Crippen LogP contribution in [0, 0.1) is 0 Å². The first kappa shape index (κ1) is 27.5. The molecule has 11 heteroatoms. The summed E-state index contributed by atoms with van der Waals surface area (Å²) in [7, 11) is 3.08. The van der Waals surface area contributed by atoms with E-state index in [9.17, 15) is 22.8 Å².